The SMILES string of the molecule is COc1ccc2ccn(-n3c(=O)cc(C(F)(F)F)n(N)c3=O)c2c1. The zero-order valence-corrected chi connectivity index (χ0v) is 12.2. The molecule has 3 rings (SSSR count). The average Bonchev–Trinajstić information content (AvgIpc) is 2.93. The van der Waals surface area contributed by atoms with E-state index in [2.05, 4.69) is 0 Å². The van der Waals surface area contributed by atoms with Gasteiger partial charge in [-0.15, -0.1) is 0 Å². The lowest BCUT2D eigenvalue weighted by Crippen LogP contribution is -2.48. The summed E-state index contributed by atoms with van der Waals surface area (Å²) < 4.78 is 45.1. The third-order valence-electron chi connectivity index (χ3n) is 3.50. The second-order valence-electron chi connectivity index (χ2n) is 4.92. The van der Waals surface area contributed by atoms with Crippen molar-refractivity contribution in [1.82, 2.24) is 14.0 Å². The van der Waals surface area contributed by atoms with Crippen molar-refractivity contribution in [1.29, 1.82) is 0 Å². The van der Waals surface area contributed by atoms with Crippen LogP contribution in [0, 0.1) is 0 Å². The number of nitrogens with zero attached hydrogens (tertiary/aromatic N) is 3. The summed E-state index contributed by atoms with van der Waals surface area (Å²) in [7, 11) is 1.44. The van der Waals surface area contributed by atoms with Crippen molar-refractivity contribution in [3.05, 3.63) is 63.1 Å². The number of fused-ring (bicyclic) bond motifs is 1. The van der Waals surface area contributed by atoms with Gasteiger partial charge in [0.1, 0.15) is 5.75 Å². The number of methoxy groups -OCH3 is 1. The molecule has 1 aromatic carbocycles. The Morgan fingerprint density at radius 1 is 1.12 bits per heavy atom. The molecule has 0 amide bonds. The summed E-state index contributed by atoms with van der Waals surface area (Å²) in [5.41, 5.74) is -3.61. The number of hydrogen-bond donors (Lipinski definition) is 1. The zero-order chi connectivity index (χ0) is 17.6. The lowest BCUT2D eigenvalue weighted by atomic mass is 10.2. The van der Waals surface area contributed by atoms with E-state index in [0.717, 1.165) is 4.68 Å². The number of alkyl halides is 3. The van der Waals surface area contributed by atoms with E-state index >= 15 is 0 Å². The van der Waals surface area contributed by atoms with Gasteiger partial charge in [-0.1, -0.05) is 0 Å². The molecular weight excluding hydrogens is 329 g/mol. The van der Waals surface area contributed by atoms with Crippen LogP contribution < -0.4 is 21.8 Å². The van der Waals surface area contributed by atoms with Crippen LogP contribution in [0.25, 0.3) is 10.9 Å². The highest BCUT2D eigenvalue weighted by atomic mass is 19.4. The minimum absolute atomic E-state index is 0.104. The van der Waals surface area contributed by atoms with Gasteiger partial charge < -0.3 is 10.6 Å². The topological polar surface area (TPSA) is 84.2 Å². The first-order valence-corrected chi connectivity index (χ1v) is 6.61. The van der Waals surface area contributed by atoms with Crippen molar-refractivity contribution in [2.45, 2.75) is 6.18 Å². The van der Waals surface area contributed by atoms with Crippen LogP contribution in [0.1, 0.15) is 5.69 Å². The summed E-state index contributed by atoms with van der Waals surface area (Å²) in [5, 5.41) is 0.658. The molecule has 0 aliphatic carbocycles. The van der Waals surface area contributed by atoms with E-state index in [0.29, 0.717) is 21.3 Å². The maximum atomic E-state index is 12.8. The fraction of sp³-hybridized carbons (Fsp3) is 0.143. The van der Waals surface area contributed by atoms with E-state index in [1.165, 1.54) is 13.3 Å². The molecule has 0 aliphatic rings. The van der Waals surface area contributed by atoms with Crippen molar-refractivity contribution in [3.63, 3.8) is 0 Å². The van der Waals surface area contributed by atoms with Gasteiger partial charge in [0.2, 0.25) is 0 Å². The van der Waals surface area contributed by atoms with Crippen molar-refractivity contribution in [2.75, 3.05) is 13.0 Å². The number of nitrogen functional groups attached to an aromatic ring is 1. The Balaban J connectivity index is 2.34. The van der Waals surface area contributed by atoms with E-state index < -0.39 is 23.1 Å². The molecule has 0 unspecified atom stereocenters. The first kappa shape index (κ1) is 15.7. The molecular formula is C14H11F3N4O3. The maximum Gasteiger partial charge on any atom is 0.433 e. The first-order chi connectivity index (χ1) is 11.2. The van der Waals surface area contributed by atoms with E-state index in [1.54, 1.807) is 24.3 Å². The van der Waals surface area contributed by atoms with Gasteiger partial charge in [-0.05, 0) is 18.2 Å². The number of rotatable bonds is 2. The Hall–Kier alpha value is -3.17. The second kappa shape index (κ2) is 5.18. The van der Waals surface area contributed by atoms with Crippen LogP contribution in [0.5, 0.6) is 5.75 Å². The number of ether oxygens (including phenoxy) is 1. The molecule has 0 saturated heterocycles. The van der Waals surface area contributed by atoms with Crippen LogP contribution in [0.15, 0.2) is 46.1 Å². The predicted molar refractivity (Wildman–Crippen MR) is 79.4 cm³/mol. The molecule has 0 atom stereocenters. The molecule has 2 N–H and O–H groups in total. The molecule has 10 heteroatoms. The summed E-state index contributed by atoms with van der Waals surface area (Å²) in [6, 6.07) is 6.76. The van der Waals surface area contributed by atoms with Gasteiger partial charge in [0.15, 0.2) is 5.69 Å². The van der Waals surface area contributed by atoms with Gasteiger partial charge in [-0.3, -0.25) is 4.79 Å². The van der Waals surface area contributed by atoms with Crippen LogP contribution in [0.3, 0.4) is 0 Å². The second-order valence-corrected chi connectivity index (χ2v) is 4.92. The third-order valence-corrected chi connectivity index (χ3v) is 3.50. The number of benzene rings is 1. The third kappa shape index (κ3) is 2.32. The summed E-state index contributed by atoms with van der Waals surface area (Å²) in [6.45, 7) is 0. The van der Waals surface area contributed by atoms with Crippen LogP contribution in [0.4, 0.5) is 13.2 Å². The maximum absolute atomic E-state index is 12.8. The smallest absolute Gasteiger partial charge is 0.433 e. The molecule has 0 bridgehead atoms. The van der Waals surface area contributed by atoms with Gasteiger partial charge in [-0.25, -0.2) is 14.1 Å². The molecule has 0 spiro atoms. The highest BCUT2D eigenvalue weighted by Gasteiger charge is 2.35. The quantitative estimate of drug-likeness (QED) is 0.706. The monoisotopic (exact) mass is 340 g/mol. The Kier molecular flexibility index (Phi) is 3.39. The molecule has 7 nitrogen and oxygen atoms in total. The van der Waals surface area contributed by atoms with Gasteiger partial charge in [0, 0.05) is 23.7 Å². The van der Waals surface area contributed by atoms with Gasteiger partial charge in [-0.2, -0.15) is 17.8 Å². The summed E-state index contributed by atoms with van der Waals surface area (Å²) in [5.74, 6) is 5.69. The van der Waals surface area contributed by atoms with E-state index in [4.69, 9.17) is 10.6 Å². The lowest BCUT2D eigenvalue weighted by Gasteiger charge is -2.14. The van der Waals surface area contributed by atoms with Gasteiger partial charge >= 0.3 is 11.9 Å². The van der Waals surface area contributed by atoms with E-state index in [-0.39, 0.29) is 10.7 Å². The molecule has 0 saturated carbocycles. The fourth-order valence-corrected chi connectivity index (χ4v) is 2.36. The van der Waals surface area contributed by atoms with Crippen LogP contribution in [0.2, 0.25) is 0 Å². The van der Waals surface area contributed by atoms with E-state index in [9.17, 15) is 22.8 Å². The standard InChI is InChI=1S/C14H11F3N4O3/c1-24-9-3-2-8-4-5-19(10(8)6-9)21-12(22)7-11(14(15,16)17)20(18)13(21)23/h2-7H,18H2,1H3. The molecule has 3 aromatic rings. The Morgan fingerprint density at radius 3 is 2.46 bits per heavy atom. The summed E-state index contributed by atoms with van der Waals surface area (Å²) in [6.07, 6.45) is -3.55. The lowest BCUT2D eigenvalue weighted by molar-refractivity contribution is -0.143. The Labute approximate surface area is 131 Å². The molecule has 2 heterocycles. The molecule has 0 radical (unpaired) electrons. The van der Waals surface area contributed by atoms with Crippen LogP contribution in [-0.4, -0.2) is 21.1 Å². The van der Waals surface area contributed by atoms with Crippen molar-refractivity contribution >= 4 is 10.9 Å². The minimum Gasteiger partial charge on any atom is -0.497 e. The van der Waals surface area contributed by atoms with Crippen LogP contribution in [-0.2, 0) is 6.18 Å². The van der Waals surface area contributed by atoms with Crippen molar-refractivity contribution in [3.8, 4) is 5.75 Å². The summed E-state index contributed by atoms with van der Waals surface area (Å²) >= 11 is 0. The number of nitrogens with two attached hydrogens (primary N) is 1. The first-order valence-electron chi connectivity index (χ1n) is 6.61. The predicted octanol–water partition coefficient (Wildman–Crippen LogP) is 1.02. The normalized spacial score (nSPS) is 11.8. The number of aromatic nitrogens is 3. The zero-order valence-electron chi connectivity index (χ0n) is 12.2. The average molecular weight is 340 g/mol. The highest BCUT2D eigenvalue weighted by Crippen LogP contribution is 2.26. The number of halogens is 3. The molecule has 126 valence electrons. The molecule has 2 aromatic heterocycles. The minimum atomic E-state index is -4.92. The summed E-state index contributed by atoms with van der Waals surface area (Å²) in [4.78, 5) is 24.3. The van der Waals surface area contributed by atoms with Crippen molar-refractivity contribution < 1.29 is 17.9 Å². The van der Waals surface area contributed by atoms with Gasteiger partial charge in [0.05, 0.1) is 12.6 Å². The van der Waals surface area contributed by atoms with E-state index in [1.807, 2.05) is 0 Å². The largest absolute Gasteiger partial charge is 0.497 e. The Morgan fingerprint density at radius 2 is 1.83 bits per heavy atom. The fourth-order valence-electron chi connectivity index (χ4n) is 2.36. The Bertz CT molecular complexity index is 1050. The molecule has 0 fully saturated rings. The van der Waals surface area contributed by atoms with Crippen molar-refractivity contribution in [2.24, 2.45) is 0 Å². The van der Waals surface area contributed by atoms with Crippen LogP contribution >= 0.6 is 0 Å². The number of hydrogen-bond acceptors (Lipinski definition) is 4. The highest BCUT2D eigenvalue weighted by molar-refractivity contribution is 5.81. The molecule has 0 aliphatic heterocycles. The van der Waals surface area contributed by atoms with Gasteiger partial charge in [0.25, 0.3) is 5.56 Å². The molecule has 24 heavy (non-hydrogen) atoms.